The second kappa shape index (κ2) is 5.56. The zero-order valence-electron chi connectivity index (χ0n) is 12.7. The van der Waals surface area contributed by atoms with Gasteiger partial charge in [-0.05, 0) is 35.6 Å². The van der Waals surface area contributed by atoms with Crippen LogP contribution < -0.4 is 10.5 Å². The molecule has 23 heavy (non-hydrogen) atoms. The van der Waals surface area contributed by atoms with Crippen LogP contribution >= 0.6 is 0 Å². The molecule has 1 aliphatic rings. The fourth-order valence-electron chi connectivity index (χ4n) is 3.19. The highest BCUT2D eigenvalue weighted by atomic mass is 16.3. The first-order valence-corrected chi connectivity index (χ1v) is 7.86. The number of benzene rings is 2. The maximum Gasteiger partial charge on any atom is 0.256 e. The quantitative estimate of drug-likeness (QED) is 0.765. The molecule has 0 amide bonds. The summed E-state index contributed by atoms with van der Waals surface area (Å²) in [5.41, 5.74) is 2.74. The van der Waals surface area contributed by atoms with Crippen molar-refractivity contribution in [2.45, 2.75) is 12.5 Å². The third-order valence-electron chi connectivity index (χ3n) is 4.44. The Kier molecular flexibility index (Phi) is 3.39. The van der Waals surface area contributed by atoms with Crippen LogP contribution in [0.4, 0.5) is 5.69 Å². The number of H-pyrrole nitrogens is 1. The molecule has 0 bridgehead atoms. The molecule has 1 saturated heterocycles. The number of hydrogen-bond acceptors (Lipinski definition) is 3. The van der Waals surface area contributed by atoms with Gasteiger partial charge in [0, 0.05) is 29.9 Å². The van der Waals surface area contributed by atoms with Gasteiger partial charge in [0.15, 0.2) is 0 Å². The summed E-state index contributed by atoms with van der Waals surface area (Å²) in [6, 6.07) is 17.8. The van der Waals surface area contributed by atoms with E-state index in [1.165, 1.54) is 0 Å². The highest BCUT2D eigenvalue weighted by Gasteiger charge is 2.20. The van der Waals surface area contributed by atoms with Crippen LogP contribution in [0.2, 0.25) is 0 Å². The summed E-state index contributed by atoms with van der Waals surface area (Å²) in [5.74, 6) is 0. The lowest BCUT2D eigenvalue weighted by molar-refractivity contribution is 0.198. The molecule has 3 aromatic rings. The molecule has 116 valence electrons. The minimum atomic E-state index is -0.274. The minimum absolute atomic E-state index is 0.0806. The highest BCUT2D eigenvalue weighted by Crippen LogP contribution is 2.25. The molecule has 2 heterocycles. The Hall–Kier alpha value is -2.59. The molecule has 0 saturated carbocycles. The molecule has 1 aliphatic heterocycles. The van der Waals surface area contributed by atoms with Gasteiger partial charge in [-0.15, -0.1) is 0 Å². The molecule has 0 aliphatic carbocycles. The monoisotopic (exact) mass is 306 g/mol. The number of nitrogens with zero attached hydrogens (tertiary/aromatic N) is 1. The average Bonchev–Trinajstić information content (AvgIpc) is 3.02. The molecule has 0 radical (unpaired) electrons. The topological polar surface area (TPSA) is 56.3 Å². The smallest absolute Gasteiger partial charge is 0.256 e. The predicted molar refractivity (Wildman–Crippen MR) is 92.8 cm³/mol. The number of rotatable bonds is 2. The van der Waals surface area contributed by atoms with Crippen LogP contribution in [0.3, 0.4) is 0 Å². The van der Waals surface area contributed by atoms with Gasteiger partial charge in [0.1, 0.15) is 0 Å². The van der Waals surface area contributed by atoms with Crippen molar-refractivity contribution in [1.82, 2.24) is 4.98 Å². The summed E-state index contributed by atoms with van der Waals surface area (Å²) in [6.45, 7) is 1.46. The van der Waals surface area contributed by atoms with E-state index in [4.69, 9.17) is 0 Å². The third-order valence-corrected chi connectivity index (χ3v) is 4.44. The number of anilines is 1. The van der Waals surface area contributed by atoms with Crippen LogP contribution in [0, 0.1) is 0 Å². The molecule has 1 aromatic heterocycles. The molecule has 1 atom stereocenters. The van der Waals surface area contributed by atoms with Gasteiger partial charge in [-0.1, -0.05) is 36.4 Å². The Morgan fingerprint density at radius 1 is 1.09 bits per heavy atom. The number of β-amino-alcohol motifs (C(OH)–C–C–N with tert-alkyl or cyclic N) is 1. The predicted octanol–water partition coefficient (Wildman–Crippen LogP) is 2.77. The summed E-state index contributed by atoms with van der Waals surface area (Å²) in [7, 11) is 0. The van der Waals surface area contributed by atoms with E-state index < -0.39 is 0 Å². The molecule has 4 nitrogen and oxygen atoms in total. The van der Waals surface area contributed by atoms with Crippen molar-refractivity contribution >= 4 is 16.5 Å². The van der Waals surface area contributed by atoms with Crippen molar-refractivity contribution < 1.29 is 5.11 Å². The van der Waals surface area contributed by atoms with E-state index >= 15 is 0 Å². The standard InChI is InChI=1S/C19H18N2O2/c22-16-8-9-21(12-16)15-7-6-14-10-18(13-4-2-1-3-5-13)20-19(23)17(14)11-15/h1-7,10-11,16,22H,8-9,12H2,(H,20,23). The number of aromatic nitrogens is 1. The number of hydrogen-bond donors (Lipinski definition) is 2. The molecular weight excluding hydrogens is 288 g/mol. The SMILES string of the molecule is O=c1[nH]c(-c2ccccc2)cc2ccc(N3CCC(O)C3)cc12. The van der Waals surface area contributed by atoms with Crippen LogP contribution in [-0.4, -0.2) is 29.3 Å². The van der Waals surface area contributed by atoms with Crippen molar-refractivity contribution in [3.63, 3.8) is 0 Å². The molecule has 4 heteroatoms. The van der Waals surface area contributed by atoms with Crippen molar-refractivity contribution in [2.75, 3.05) is 18.0 Å². The number of aliphatic hydroxyl groups is 1. The number of pyridine rings is 1. The summed E-state index contributed by atoms with van der Waals surface area (Å²) < 4.78 is 0. The van der Waals surface area contributed by atoms with Gasteiger partial charge in [-0.2, -0.15) is 0 Å². The summed E-state index contributed by atoms with van der Waals surface area (Å²) in [4.78, 5) is 17.6. The van der Waals surface area contributed by atoms with E-state index in [9.17, 15) is 9.90 Å². The Bertz CT molecular complexity index is 902. The third kappa shape index (κ3) is 2.62. The largest absolute Gasteiger partial charge is 0.391 e. The lowest BCUT2D eigenvalue weighted by Crippen LogP contribution is -2.21. The first-order valence-electron chi connectivity index (χ1n) is 7.86. The molecule has 2 aromatic carbocycles. The first-order chi connectivity index (χ1) is 11.2. The Morgan fingerprint density at radius 3 is 2.65 bits per heavy atom. The van der Waals surface area contributed by atoms with Gasteiger partial charge in [0.2, 0.25) is 0 Å². The number of aromatic amines is 1. The fraction of sp³-hybridized carbons (Fsp3) is 0.211. The Labute approximate surface area is 134 Å². The zero-order valence-corrected chi connectivity index (χ0v) is 12.7. The van der Waals surface area contributed by atoms with E-state index in [-0.39, 0.29) is 11.7 Å². The van der Waals surface area contributed by atoms with Gasteiger partial charge in [0.05, 0.1) is 6.10 Å². The zero-order chi connectivity index (χ0) is 15.8. The summed E-state index contributed by atoms with van der Waals surface area (Å²) in [5, 5.41) is 11.3. The maximum atomic E-state index is 12.5. The lowest BCUT2D eigenvalue weighted by atomic mass is 10.1. The van der Waals surface area contributed by atoms with E-state index in [0.29, 0.717) is 11.9 Å². The van der Waals surface area contributed by atoms with E-state index in [0.717, 1.165) is 35.3 Å². The normalized spacial score (nSPS) is 17.8. The van der Waals surface area contributed by atoms with Crippen LogP contribution in [0.1, 0.15) is 6.42 Å². The van der Waals surface area contributed by atoms with Gasteiger partial charge in [-0.25, -0.2) is 0 Å². The van der Waals surface area contributed by atoms with Crippen molar-refractivity contribution in [3.8, 4) is 11.3 Å². The fourth-order valence-corrected chi connectivity index (χ4v) is 3.19. The summed E-state index contributed by atoms with van der Waals surface area (Å²) >= 11 is 0. The Morgan fingerprint density at radius 2 is 1.91 bits per heavy atom. The van der Waals surface area contributed by atoms with E-state index in [1.807, 2.05) is 54.6 Å². The minimum Gasteiger partial charge on any atom is -0.391 e. The van der Waals surface area contributed by atoms with Crippen molar-refractivity contribution in [2.24, 2.45) is 0 Å². The van der Waals surface area contributed by atoms with Gasteiger partial charge < -0.3 is 15.0 Å². The second-order valence-electron chi connectivity index (χ2n) is 6.04. The van der Waals surface area contributed by atoms with Gasteiger partial charge >= 0.3 is 0 Å². The second-order valence-corrected chi connectivity index (χ2v) is 6.04. The molecule has 1 unspecified atom stereocenters. The molecular formula is C19H18N2O2. The van der Waals surface area contributed by atoms with Crippen LogP contribution in [0.5, 0.6) is 0 Å². The molecule has 2 N–H and O–H groups in total. The highest BCUT2D eigenvalue weighted by molar-refractivity contribution is 5.88. The van der Waals surface area contributed by atoms with Crippen LogP contribution in [0.15, 0.2) is 59.4 Å². The number of fused-ring (bicyclic) bond motifs is 1. The lowest BCUT2D eigenvalue weighted by Gasteiger charge is -2.18. The molecule has 4 rings (SSSR count). The number of aliphatic hydroxyl groups excluding tert-OH is 1. The first kappa shape index (κ1) is 14.0. The van der Waals surface area contributed by atoms with E-state index in [2.05, 4.69) is 9.88 Å². The van der Waals surface area contributed by atoms with Crippen LogP contribution in [0.25, 0.3) is 22.0 Å². The van der Waals surface area contributed by atoms with Crippen LogP contribution in [-0.2, 0) is 0 Å². The number of nitrogens with one attached hydrogen (secondary N) is 1. The van der Waals surface area contributed by atoms with Crippen molar-refractivity contribution in [3.05, 3.63) is 65.0 Å². The molecule has 1 fully saturated rings. The maximum absolute atomic E-state index is 12.5. The van der Waals surface area contributed by atoms with Crippen molar-refractivity contribution in [1.29, 1.82) is 0 Å². The average molecular weight is 306 g/mol. The Balaban J connectivity index is 1.79. The van der Waals surface area contributed by atoms with Gasteiger partial charge in [-0.3, -0.25) is 4.79 Å². The molecule has 0 spiro atoms. The summed E-state index contributed by atoms with van der Waals surface area (Å²) in [6.07, 6.45) is 0.505. The van der Waals surface area contributed by atoms with Gasteiger partial charge in [0.25, 0.3) is 5.56 Å². The van der Waals surface area contributed by atoms with E-state index in [1.54, 1.807) is 0 Å².